The Labute approximate surface area is 185 Å². The molecule has 0 spiro atoms. The molecule has 0 saturated carbocycles. The van der Waals surface area contributed by atoms with E-state index in [1.54, 1.807) is 0 Å². The van der Waals surface area contributed by atoms with E-state index >= 15 is 0 Å². The maximum absolute atomic E-state index is 12.7. The summed E-state index contributed by atoms with van der Waals surface area (Å²) in [6, 6.07) is 26.7. The molecule has 1 unspecified atom stereocenters. The predicted octanol–water partition coefficient (Wildman–Crippen LogP) is 5.39. The second-order valence-electron chi connectivity index (χ2n) is 6.92. The zero-order valence-corrected chi connectivity index (χ0v) is 18.0. The Kier molecular flexibility index (Phi) is 6.33. The molecule has 0 bridgehead atoms. The number of hydrogen-bond acceptors (Lipinski definition) is 5. The first-order chi connectivity index (χ1) is 15.1. The molecule has 3 aromatic carbocycles. The quantitative estimate of drug-likeness (QED) is 0.398. The highest BCUT2D eigenvalue weighted by molar-refractivity contribution is 8.00. The normalized spacial score (nSPS) is 11.7. The smallest absolute Gasteiger partial charge is 0.237 e. The number of hydrogen-bond donors (Lipinski definition) is 1. The van der Waals surface area contributed by atoms with Crippen molar-refractivity contribution in [1.29, 1.82) is 0 Å². The number of benzene rings is 3. The standard InChI is InChI=1S/C24H22N4O2S/c1-17(31-24-27-26-22(28(24)2)18-9-5-3-6-10-18)23(29)25-19-13-15-21(16-14-19)30-20-11-7-4-8-12-20/h3-17H,1-2H3,(H,25,29). The summed E-state index contributed by atoms with van der Waals surface area (Å²) in [6.07, 6.45) is 0. The van der Waals surface area contributed by atoms with Gasteiger partial charge < -0.3 is 14.6 Å². The second-order valence-corrected chi connectivity index (χ2v) is 8.23. The van der Waals surface area contributed by atoms with Crippen LogP contribution in [-0.2, 0) is 11.8 Å². The molecule has 0 aliphatic carbocycles. The van der Waals surface area contributed by atoms with Crippen molar-refractivity contribution in [3.63, 3.8) is 0 Å². The van der Waals surface area contributed by atoms with Gasteiger partial charge >= 0.3 is 0 Å². The van der Waals surface area contributed by atoms with Gasteiger partial charge in [0.25, 0.3) is 0 Å². The van der Waals surface area contributed by atoms with Crippen molar-refractivity contribution in [2.24, 2.45) is 7.05 Å². The van der Waals surface area contributed by atoms with Crippen LogP contribution in [0.1, 0.15) is 6.92 Å². The Bertz CT molecular complexity index is 1150. The van der Waals surface area contributed by atoms with E-state index in [0.717, 1.165) is 17.1 Å². The van der Waals surface area contributed by atoms with Crippen LogP contribution < -0.4 is 10.1 Å². The van der Waals surface area contributed by atoms with Crippen LogP contribution in [0.3, 0.4) is 0 Å². The van der Waals surface area contributed by atoms with E-state index in [-0.39, 0.29) is 11.2 Å². The van der Waals surface area contributed by atoms with E-state index < -0.39 is 0 Å². The Hall–Kier alpha value is -3.58. The number of para-hydroxylation sites is 1. The number of anilines is 1. The summed E-state index contributed by atoms with van der Waals surface area (Å²) in [6.45, 7) is 1.85. The van der Waals surface area contributed by atoms with Crippen molar-refractivity contribution in [2.75, 3.05) is 5.32 Å². The maximum atomic E-state index is 12.7. The lowest BCUT2D eigenvalue weighted by molar-refractivity contribution is -0.115. The van der Waals surface area contributed by atoms with Gasteiger partial charge in [-0.2, -0.15) is 0 Å². The third-order valence-corrected chi connectivity index (χ3v) is 5.75. The van der Waals surface area contributed by atoms with E-state index in [0.29, 0.717) is 16.6 Å². The van der Waals surface area contributed by atoms with Crippen molar-refractivity contribution in [1.82, 2.24) is 14.8 Å². The molecule has 0 saturated heterocycles. The highest BCUT2D eigenvalue weighted by Gasteiger charge is 2.19. The van der Waals surface area contributed by atoms with E-state index in [4.69, 9.17) is 4.74 Å². The number of thioether (sulfide) groups is 1. The Morgan fingerprint density at radius 3 is 2.19 bits per heavy atom. The van der Waals surface area contributed by atoms with Gasteiger partial charge in [-0.25, -0.2) is 0 Å². The van der Waals surface area contributed by atoms with Gasteiger partial charge in [-0.05, 0) is 43.3 Å². The third-order valence-electron chi connectivity index (χ3n) is 4.62. The second kappa shape index (κ2) is 9.49. The van der Waals surface area contributed by atoms with Crippen LogP contribution in [0.5, 0.6) is 11.5 Å². The molecule has 1 heterocycles. The van der Waals surface area contributed by atoms with Crippen molar-refractivity contribution in [3.8, 4) is 22.9 Å². The molecule has 4 aromatic rings. The lowest BCUT2D eigenvalue weighted by Crippen LogP contribution is -2.22. The summed E-state index contributed by atoms with van der Waals surface area (Å²) in [5.41, 5.74) is 1.69. The summed E-state index contributed by atoms with van der Waals surface area (Å²) in [5, 5.41) is 11.8. The summed E-state index contributed by atoms with van der Waals surface area (Å²) < 4.78 is 7.68. The Morgan fingerprint density at radius 2 is 1.52 bits per heavy atom. The van der Waals surface area contributed by atoms with Crippen molar-refractivity contribution in [2.45, 2.75) is 17.3 Å². The van der Waals surface area contributed by atoms with E-state index in [9.17, 15) is 4.79 Å². The highest BCUT2D eigenvalue weighted by atomic mass is 32.2. The van der Waals surface area contributed by atoms with Gasteiger partial charge in [-0.15, -0.1) is 10.2 Å². The van der Waals surface area contributed by atoms with Gasteiger partial charge in [0.2, 0.25) is 5.91 Å². The number of rotatable bonds is 7. The molecule has 0 fully saturated rings. The van der Waals surface area contributed by atoms with Crippen LogP contribution >= 0.6 is 11.8 Å². The number of carbonyl (C=O) groups is 1. The molecular formula is C24H22N4O2S. The Balaban J connectivity index is 1.36. The van der Waals surface area contributed by atoms with Crippen molar-refractivity contribution in [3.05, 3.63) is 84.9 Å². The molecule has 7 heteroatoms. The molecule has 1 N–H and O–H groups in total. The molecule has 6 nitrogen and oxygen atoms in total. The molecule has 0 aliphatic heterocycles. The van der Waals surface area contributed by atoms with Crippen LogP contribution in [0.15, 0.2) is 90.1 Å². The van der Waals surface area contributed by atoms with Crippen LogP contribution in [0.4, 0.5) is 5.69 Å². The van der Waals surface area contributed by atoms with Crippen LogP contribution in [0.2, 0.25) is 0 Å². The van der Waals surface area contributed by atoms with E-state index in [1.165, 1.54) is 11.8 Å². The number of aromatic nitrogens is 3. The number of ether oxygens (including phenoxy) is 1. The third kappa shape index (κ3) is 5.13. The van der Waals surface area contributed by atoms with Crippen LogP contribution in [0, 0.1) is 0 Å². The van der Waals surface area contributed by atoms with Crippen molar-refractivity contribution >= 4 is 23.4 Å². The topological polar surface area (TPSA) is 69.0 Å². The number of amides is 1. The first kappa shape index (κ1) is 20.7. The number of carbonyl (C=O) groups excluding carboxylic acids is 1. The Morgan fingerprint density at radius 1 is 0.903 bits per heavy atom. The largest absolute Gasteiger partial charge is 0.457 e. The molecule has 1 aromatic heterocycles. The monoisotopic (exact) mass is 430 g/mol. The average molecular weight is 431 g/mol. The lowest BCUT2D eigenvalue weighted by Gasteiger charge is -2.12. The zero-order valence-electron chi connectivity index (χ0n) is 17.2. The number of nitrogens with one attached hydrogen (secondary N) is 1. The first-order valence-corrected chi connectivity index (χ1v) is 10.7. The SMILES string of the molecule is CC(Sc1nnc(-c2ccccc2)n1C)C(=O)Nc1ccc(Oc2ccccc2)cc1. The number of nitrogens with zero attached hydrogens (tertiary/aromatic N) is 3. The van der Waals surface area contributed by atoms with Gasteiger partial charge in [0.1, 0.15) is 11.5 Å². The molecule has 0 aliphatic rings. The molecule has 156 valence electrons. The summed E-state index contributed by atoms with van der Waals surface area (Å²) >= 11 is 1.37. The molecular weight excluding hydrogens is 408 g/mol. The van der Waals surface area contributed by atoms with Gasteiger partial charge in [0.05, 0.1) is 5.25 Å². The average Bonchev–Trinajstić information content (AvgIpc) is 3.16. The minimum atomic E-state index is -0.341. The van der Waals surface area contributed by atoms with Gasteiger partial charge in [-0.1, -0.05) is 60.3 Å². The van der Waals surface area contributed by atoms with Crippen molar-refractivity contribution < 1.29 is 9.53 Å². The zero-order chi connectivity index (χ0) is 21.6. The summed E-state index contributed by atoms with van der Waals surface area (Å²) in [5.74, 6) is 2.14. The molecule has 31 heavy (non-hydrogen) atoms. The molecule has 4 rings (SSSR count). The minimum absolute atomic E-state index is 0.106. The highest BCUT2D eigenvalue weighted by Crippen LogP contribution is 2.27. The summed E-state index contributed by atoms with van der Waals surface area (Å²) in [4.78, 5) is 12.7. The van der Waals surface area contributed by atoms with Crippen LogP contribution in [0.25, 0.3) is 11.4 Å². The fourth-order valence-corrected chi connectivity index (χ4v) is 3.76. The summed E-state index contributed by atoms with van der Waals surface area (Å²) in [7, 11) is 1.90. The predicted molar refractivity (Wildman–Crippen MR) is 123 cm³/mol. The van der Waals surface area contributed by atoms with Gasteiger partial charge in [0.15, 0.2) is 11.0 Å². The van der Waals surface area contributed by atoms with Gasteiger partial charge in [-0.3, -0.25) is 4.79 Å². The van der Waals surface area contributed by atoms with Crippen LogP contribution in [-0.4, -0.2) is 25.9 Å². The van der Waals surface area contributed by atoms with E-state index in [1.807, 2.05) is 103 Å². The molecule has 1 atom stereocenters. The fraction of sp³-hybridized carbons (Fsp3) is 0.125. The molecule has 0 radical (unpaired) electrons. The van der Waals surface area contributed by atoms with E-state index in [2.05, 4.69) is 15.5 Å². The lowest BCUT2D eigenvalue weighted by atomic mass is 10.2. The maximum Gasteiger partial charge on any atom is 0.237 e. The first-order valence-electron chi connectivity index (χ1n) is 9.85. The fourth-order valence-electron chi connectivity index (χ4n) is 2.94. The van der Waals surface area contributed by atoms with Gasteiger partial charge in [0, 0.05) is 18.3 Å². The minimum Gasteiger partial charge on any atom is -0.457 e. The molecule has 1 amide bonds.